The Hall–Kier alpha value is -2.84. The van der Waals surface area contributed by atoms with Crippen LogP contribution in [0.2, 0.25) is 0 Å². The predicted molar refractivity (Wildman–Crippen MR) is 119 cm³/mol. The van der Waals surface area contributed by atoms with E-state index < -0.39 is 0 Å². The monoisotopic (exact) mass is 468 g/mol. The summed E-state index contributed by atoms with van der Waals surface area (Å²) in [6, 6.07) is 17.2. The Kier molecular flexibility index (Phi) is 5.82. The number of amides is 1. The van der Waals surface area contributed by atoms with Gasteiger partial charge < -0.3 is 9.73 Å². The molecule has 1 amide bonds. The maximum atomic E-state index is 12.3. The van der Waals surface area contributed by atoms with Crippen molar-refractivity contribution < 1.29 is 9.21 Å². The number of rotatable bonds is 7. The molecule has 0 atom stereocenters. The van der Waals surface area contributed by atoms with Gasteiger partial charge in [0.1, 0.15) is 5.58 Å². The molecule has 0 saturated heterocycles. The first-order valence-corrected chi connectivity index (χ1v) is 10.6. The molecule has 0 aliphatic heterocycles. The Morgan fingerprint density at radius 2 is 2.00 bits per heavy atom. The smallest absolute Gasteiger partial charge is 0.234 e. The summed E-state index contributed by atoms with van der Waals surface area (Å²) in [6.07, 6.45) is 1.77. The number of thioether (sulfide) groups is 1. The van der Waals surface area contributed by atoms with Gasteiger partial charge in [0.2, 0.25) is 11.7 Å². The highest BCUT2D eigenvalue weighted by molar-refractivity contribution is 9.10. The summed E-state index contributed by atoms with van der Waals surface area (Å²) in [4.78, 5) is 12.3. The molecule has 1 N–H and O–H groups in total. The van der Waals surface area contributed by atoms with Crippen LogP contribution < -0.4 is 5.32 Å². The normalized spacial score (nSPS) is 10.9. The highest BCUT2D eigenvalue weighted by atomic mass is 79.9. The van der Waals surface area contributed by atoms with E-state index in [2.05, 4.69) is 38.0 Å². The number of nitrogens with one attached hydrogen (secondary N) is 1. The van der Waals surface area contributed by atoms with E-state index in [1.54, 1.807) is 6.08 Å². The minimum absolute atomic E-state index is 0.115. The van der Waals surface area contributed by atoms with Crippen LogP contribution in [0.4, 0.5) is 5.69 Å². The van der Waals surface area contributed by atoms with Gasteiger partial charge in [-0.3, -0.25) is 9.36 Å². The fourth-order valence-electron chi connectivity index (χ4n) is 2.82. The molecule has 4 aromatic rings. The Morgan fingerprint density at radius 3 is 2.76 bits per heavy atom. The van der Waals surface area contributed by atoms with Gasteiger partial charge in [0.05, 0.1) is 5.75 Å². The van der Waals surface area contributed by atoms with Crippen molar-refractivity contribution in [1.82, 2.24) is 14.8 Å². The molecule has 0 saturated carbocycles. The van der Waals surface area contributed by atoms with Crippen molar-refractivity contribution in [2.75, 3.05) is 11.1 Å². The average molecular weight is 469 g/mol. The van der Waals surface area contributed by atoms with Gasteiger partial charge in [-0.1, -0.05) is 52.0 Å². The standard InChI is InChI=1S/C21H17BrN4O2S/c1-2-11-26-20(18-12-14-5-3-4-6-17(14)28-18)24-25-21(26)29-13-19(27)23-16-9-7-15(22)8-10-16/h2-10,12H,1,11,13H2,(H,23,27). The number of anilines is 1. The zero-order valence-corrected chi connectivity index (χ0v) is 17.7. The highest BCUT2D eigenvalue weighted by Crippen LogP contribution is 2.29. The maximum Gasteiger partial charge on any atom is 0.234 e. The van der Waals surface area contributed by atoms with E-state index in [4.69, 9.17) is 4.42 Å². The van der Waals surface area contributed by atoms with Crippen LogP contribution in [0, 0.1) is 0 Å². The second kappa shape index (κ2) is 8.67. The Bertz CT molecular complexity index is 1130. The number of fused-ring (bicyclic) bond motifs is 1. The van der Waals surface area contributed by atoms with Crippen LogP contribution in [0.5, 0.6) is 0 Å². The predicted octanol–water partition coefficient (Wildman–Crippen LogP) is 5.37. The molecule has 8 heteroatoms. The Labute approximate surface area is 180 Å². The number of allylic oxidation sites excluding steroid dienone is 1. The molecule has 2 aromatic heterocycles. The number of halogens is 1. The average Bonchev–Trinajstić information content (AvgIpc) is 3.32. The number of hydrogen-bond donors (Lipinski definition) is 1. The van der Waals surface area contributed by atoms with Crippen molar-refractivity contribution in [3.8, 4) is 11.6 Å². The van der Waals surface area contributed by atoms with Crippen molar-refractivity contribution in [1.29, 1.82) is 0 Å². The third-order valence-corrected chi connectivity index (χ3v) is 5.63. The van der Waals surface area contributed by atoms with Crippen LogP contribution >= 0.6 is 27.7 Å². The molecule has 0 aliphatic carbocycles. The lowest BCUT2D eigenvalue weighted by Gasteiger charge is -2.07. The fourth-order valence-corrected chi connectivity index (χ4v) is 3.84. The lowest BCUT2D eigenvalue weighted by atomic mass is 10.2. The van der Waals surface area contributed by atoms with Crippen LogP contribution in [0.3, 0.4) is 0 Å². The highest BCUT2D eigenvalue weighted by Gasteiger charge is 2.18. The van der Waals surface area contributed by atoms with Gasteiger partial charge in [-0.2, -0.15) is 0 Å². The topological polar surface area (TPSA) is 73.0 Å². The second-order valence-corrected chi connectivity index (χ2v) is 8.06. The molecule has 29 heavy (non-hydrogen) atoms. The van der Waals surface area contributed by atoms with Crippen molar-refractivity contribution in [2.24, 2.45) is 0 Å². The summed E-state index contributed by atoms with van der Waals surface area (Å²) in [5.41, 5.74) is 1.54. The molecule has 0 aliphatic rings. The van der Waals surface area contributed by atoms with Crippen LogP contribution in [0.15, 0.2) is 81.3 Å². The third kappa shape index (κ3) is 4.44. The summed E-state index contributed by atoms with van der Waals surface area (Å²) in [5, 5.41) is 13.0. The number of nitrogens with zero attached hydrogens (tertiary/aromatic N) is 3. The van der Waals surface area contributed by atoms with Crippen molar-refractivity contribution in [3.05, 3.63) is 71.7 Å². The number of carbonyl (C=O) groups is 1. The number of hydrogen-bond acceptors (Lipinski definition) is 5. The summed E-state index contributed by atoms with van der Waals surface area (Å²) < 4.78 is 8.77. The molecule has 2 aromatic carbocycles. The van der Waals surface area contributed by atoms with Crippen LogP contribution in [0.1, 0.15) is 0 Å². The van der Waals surface area contributed by atoms with Crippen molar-refractivity contribution >= 4 is 50.3 Å². The van der Waals surface area contributed by atoms with E-state index in [-0.39, 0.29) is 11.7 Å². The molecular formula is C21H17BrN4O2S. The van der Waals surface area contributed by atoms with Crippen LogP contribution in [-0.4, -0.2) is 26.4 Å². The molecule has 0 spiro atoms. The van der Waals surface area contributed by atoms with E-state index in [0.717, 1.165) is 21.1 Å². The molecule has 0 unspecified atom stereocenters. The maximum absolute atomic E-state index is 12.3. The summed E-state index contributed by atoms with van der Waals surface area (Å²) in [6.45, 7) is 4.32. The molecule has 2 heterocycles. The number of carbonyl (C=O) groups excluding carboxylic acids is 1. The lowest BCUT2D eigenvalue weighted by molar-refractivity contribution is -0.113. The molecule has 4 rings (SSSR count). The van der Waals surface area contributed by atoms with Gasteiger partial charge in [0.15, 0.2) is 10.9 Å². The van der Waals surface area contributed by atoms with Crippen LogP contribution in [0.25, 0.3) is 22.6 Å². The van der Waals surface area contributed by atoms with E-state index >= 15 is 0 Å². The van der Waals surface area contributed by atoms with Gasteiger partial charge >= 0.3 is 0 Å². The van der Waals surface area contributed by atoms with Crippen LogP contribution in [-0.2, 0) is 11.3 Å². The number of para-hydroxylation sites is 1. The van der Waals surface area contributed by atoms with Crippen molar-refractivity contribution in [3.63, 3.8) is 0 Å². The molecule has 6 nitrogen and oxygen atoms in total. The first-order chi connectivity index (χ1) is 14.1. The quantitative estimate of drug-likeness (QED) is 0.291. The third-order valence-electron chi connectivity index (χ3n) is 4.13. The second-order valence-electron chi connectivity index (χ2n) is 6.20. The first-order valence-electron chi connectivity index (χ1n) is 8.85. The van der Waals surface area contributed by atoms with Gasteiger partial charge in [-0.25, -0.2) is 0 Å². The largest absolute Gasteiger partial charge is 0.453 e. The van der Waals surface area contributed by atoms with Gasteiger partial charge in [0, 0.05) is 22.1 Å². The van der Waals surface area contributed by atoms with Crippen molar-refractivity contribution in [2.45, 2.75) is 11.7 Å². The van der Waals surface area contributed by atoms with E-state index in [1.807, 2.05) is 59.2 Å². The van der Waals surface area contributed by atoms with E-state index in [9.17, 15) is 4.79 Å². The van der Waals surface area contributed by atoms with Gasteiger partial charge in [-0.15, -0.1) is 16.8 Å². The summed E-state index contributed by atoms with van der Waals surface area (Å²) in [7, 11) is 0. The first kappa shape index (κ1) is 19.5. The molecule has 146 valence electrons. The molecule has 0 radical (unpaired) electrons. The SMILES string of the molecule is C=CCn1c(SCC(=O)Nc2ccc(Br)cc2)nnc1-c1cc2ccccc2o1. The van der Waals surface area contributed by atoms with Gasteiger partial charge in [-0.05, 0) is 36.4 Å². The zero-order valence-electron chi connectivity index (χ0n) is 15.3. The Balaban J connectivity index is 1.51. The number of aromatic nitrogens is 3. The van der Waals surface area contributed by atoms with E-state index in [1.165, 1.54) is 11.8 Å². The summed E-state index contributed by atoms with van der Waals surface area (Å²) >= 11 is 4.70. The minimum atomic E-state index is -0.115. The number of benzene rings is 2. The lowest BCUT2D eigenvalue weighted by Crippen LogP contribution is -2.14. The fraction of sp³-hybridized carbons (Fsp3) is 0.0952. The zero-order chi connectivity index (χ0) is 20.2. The minimum Gasteiger partial charge on any atom is -0.453 e. The molecular weight excluding hydrogens is 452 g/mol. The Morgan fingerprint density at radius 1 is 1.21 bits per heavy atom. The summed E-state index contributed by atoms with van der Waals surface area (Å²) in [5.74, 6) is 1.34. The molecule has 0 fully saturated rings. The molecule has 0 bridgehead atoms. The van der Waals surface area contributed by atoms with E-state index in [0.29, 0.717) is 23.3 Å². The number of furan rings is 1. The van der Waals surface area contributed by atoms with Gasteiger partial charge in [0.25, 0.3) is 0 Å².